The van der Waals surface area contributed by atoms with Crippen LogP contribution in [0, 0.1) is 0 Å². The lowest BCUT2D eigenvalue weighted by Crippen LogP contribution is -2.10. The number of carbonyl (C=O) groups excluding carboxylic acids is 1. The van der Waals surface area contributed by atoms with Crippen LogP contribution in [0.4, 0.5) is 10.7 Å². The highest BCUT2D eigenvalue weighted by molar-refractivity contribution is 7.91. The van der Waals surface area contributed by atoms with Crippen LogP contribution in [0.5, 0.6) is 0 Å². The molecule has 1 rings (SSSR count). The minimum atomic E-state index is -3.44. The molecule has 0 aliphatic heterocycles. The van der Waals surface area contributed by atoms with Crippen LogP contribution in [0.2, 0.25) is 0 Å². The van der Waals surface area contributed by atoms with Crippen molar-refractivity contribution in [2.75, 3.05) is 23.3 Å². The van der Waals surface area contributed by atoms with Gasteiger partial charge >= 0.3 is 0 Å². The molecule has 5 nitrogen and oxygen atoms in total. The monoisotopic (exact) mass is 304 g/mol. The highest BCUT2D eigenvalue weighted by Gasteiger charge is 2.27. The molecule has 1 heterocycles. The van der Waals surface area contributed by atoms with Gasteiger partial charge in [-0.3, -0.25) is 4.79 Å². The van der Waals surface area contributed by atoms with Gasteiger partial charge in [-0.25, -0.2) is 8.42 Å². The topological polar surface area (TPSA) is 89.3 Å². The van der Waals surface area contributed by atoms with E-state index in [2.05, 4.69) is 5.32 Å². The zero-order chi connectivity index (χ0) is 14.6. The van der Waals surface area contributed by atoms with Gasteiger partial charge in [-0.1, -0.05) is 20.8 Å². The average Bonchev–Trinajstić information content (AvgIpc) is 2.73. The van der Waals surface area contributed by atoms with Crippen LogP contribution in [0.1, 0.15) is 43.3 Å². The fourth-order valence-electron chi connectivity index (χ4n) is 1.60. The van der Waals surface area contributed by atoms with Crippen LogP contribution in [0.3, 0.4) is 0 Å². The Morgan fingerprint density at radius 1 is 1.32 bits per heavy atom. The summed E-state index contributed by atoms with van der Waals surface area (Å²) in [5, 5.41) is 3.53. The summed E-state index contributed by atoms with van der Waals surface area (Å²) in [7, 11) is -3.44. The highest BCUT2D eigenvalue weighted by atomic mass is 32.2. The zero-order valence-corrected chi connectivity index (χ0v) is 13.1. The molecule has 0 fully saturated rings. The van der Waals surface area contributed by atoms with Gasteiger partial charge in [-0.05, 0) is 6.42 Å². The van der Waals surface area contributed by atoms with E-state index in [-0.39, 0.29) is 22.1 Å². The van der Waals surface area contributed by atoms with E-state index in [1.54, 1.807) is 13.8 Å². The summed E-state index contributed by atoms with van der Waals surface area (Å²) < 4.78 is 24.2. The third-order valence-corrected chi connectivity index (χ3v) is 5.84. The molecular weight excluding hydrogens is 284 g/mol. The summed E-state index contributed by atoms with van der Waals surface area (Å²) >= 11 is 1.14. The van der Waals surface area contributed by atoms with Crippen molar-refractivity contribution >= 4 is 37.6 Å². The lowest BCUT2D eigenvalue weighted by Gasteiger charge is -2.06. The standard InChI is InChI=1S/C12H20N2O3S2/c1-4-7-14-12-11(19(16,17)6-3)9(13)10(18-12)8(15)5-2/h14H,4-7,13H2,1-3H3. The van der Waals surface area contributed by atoms with Crippen molar-refractivity contribution in [3.63, 3.8) is 0 Å². The molecule has 108 valence electrons. The first kappa shape index (κ1) is 16.0. The molecule has 0 aromatic carbocycles. The van der Waals surface area contributed by atoms with Crippen LogP contribution in [-0.4, -0.2) is 26.5 Å². The van der Waals surface area contributed by atoms with E-state index in [0.717, 1.165) is 17.8 Å². The molecule has 19 heavy (non-hydrogen) atoms. The van der Waals surface area contributed by atoms with Crippen LogP contribution >= 0.6 is 11.3 Å². The van der Waals surface area contributed by atoms with E-state index in [4.69, 9.17) is 5.73 Å². The van der Waals surface area contributed by atoms with Gasteiger partial charge in [0, 0.05) is 13.0 Å². The fraction of sp³-hybridized carbons (Fsp3) is 0.583. The maximum absolute atomic E-state index is 12.1. The Hall–Kier alpha value is -1.08. The molecule has 0 aliphatic rings. The molecule has 0 amide bonds. The Balaban J connectivity index is 3.40. The van der Waals surface area contributed by atoms with Crippen molar-refractivity contribution in [3.8, 4) is 0 Å². The van der Waals surface area contributed by atoms with Crippen molar-refractivity contribution < 1.29 is 13.2 Å². The van der Waals surface area contributed by atoms with E-state index in [0.29, 0.717) is 22.8 Å². The minimum absolute atomic E-state index is 0.0332. The first-order chi connectivity index (χ1) is 8.88. The second kappa shape index (κ2) is 6.38. The van der Waals surface area contributed by atoms with Gasteiger partial charge in [0.05, 0.1) is 16.3 Å². The number of anilines is 2. The molecule has 0 saturated carbocycles. The third-order valence-electron chi connectivity index (χ3n) is 2.70. The molecule has 1 aromatic rings. The van der Waals surface area contributed by atoms with E-state index < -0.39 is 9.84 Å². The number of nitrogen functional groups attached to an aromatic ring is 1. The summed E-state index contributed by atoms with van der Waals surface area (Å²) in [6.45, 7) is 5.92. The Bertz CT molecular complexity index is 562. The van der Waals surface area contributed by atoms with Gasteiger partial charge in [0.25, 0.3) is 0 Å². The van der Waals surface area contributed by atoms with Crippen molar-refractivity contribution in [2.24, 2.45) is 0 Å². The number of ketones is 1. The maximum atomic E-state index is 12.1. The largest absolute Gasteiger partial charge is 0.396 e. The summed E-state index contributed by atoms with van der Waals surface area (Å²) in [5.41, 5.74) is 5.98. The van der Waals surface area contributed by atoms with E-state index in [9.17, 15) is 13.2 Å². The lowest BCUT2D eigenvalue weighted by atomic mass is 10.2. The quantitative estimate of drug-likeness (QED) is 0.756. The first-order valence-corrected chi connectivity index (χ1v) is 8.77. The Morgan fingerprint density at radius 2 is 1.95 bits per heavy atom. The van der Waals surface area contributed by atoms with Crippen molar-refractivity contribution in [3.05, 3.63) is 4.88 Å². The third kappa shape index (κ3) is 3.27. The normalized spacial score (nSPS) is 11.5. The minimum Gasteiger partial charge on any atom is -0.396 e. The summed E-state index contributed by atoms with van der Waals surface area (Å²) in [4.78, 5) is 12.2. The number of nitrogens with two attached hydrogens (primary N) is 1. The number of carbonyl (C=O) groups is 1. The predicted molar refractivity (Wildman–Crippen MR) is 79.9 cm³/mol. The molecule has 0 bridgehead atoms. The molecule has 3 N–H and O–H groups in total. The number of hydrogen-bond acceptors (Lipinski definition) is 6. The van der Waals surface area contributed by atoms with Gasteiger partial charge < -0.3 is 11.1 Å². The Labute approximate surface area is 118 Å². The van der Waals surface area contributed by atoms with Crippen LogP contribution in [-0.2, 0) is 9.84 Å². The molecule has 0 atom stereocenters. The van der Waals surface area contributed by atoms with E-state index >= 15 is 0 Å². The van der Waals surface area contributed by atoms with Gasteiger partial charge in [0.15, 0.2) is 15.6 Å². The number of rotatable bonds is 7. The van der Waals surface area contributed by atoms with Crippen molar-refractivity contribution in [1.82, 2.24) is 0 Å². The summed E-state index contributed by atoms with van der Waals surface area (Å²) in [6, 6.07) is 0. The van der Waals surface area contributed by atoms with Gasteiger partial charge in [-0.15, -0.1) is 11.3 Å². The van der Waals surface area contributed by atoms with E-state index in [1.165, 1.54) is 0 Å². The molecule has 0 spiro atoms. The Morgan fingerprint density at radius 3 is 2.42 bits per heavy atom. The number of hydrogen-bond donors (Lipinski definition) is 2. The summed E-state index contributed by atoms with van der Waals surface area (Å²) in [6.07, 6.45) is 1.17. The molecule has 7 heteroatoms. The van der Waals surface area contributed by atoms with Gasteiger partial charge in [0.1, 0.15) is 9.90 Å². The lowest BCUT2D eigenvalue weighted by molar-refractivity contribution is 0.0992. The zero-order valence-electron chi connectivity index (χ0n) is 11.4. The van der Waals surface area contributed by atoms with Crippen LogP contribution < -0.4 is 11.1 Å². The number of Topliss-reactive ketones (excluding diaryl/α,β-unsaturated/α-hetero) is 1. The second-order valence-electron chi connectivity index (χ2n) is 4.11. The summed E-state index contributed by atoms with van der Waals surface area (Å²) in [5.74, 6) is -0.159. The first-order valence-electron chi connectivity index (χ1n) is 6.31. The Kier molecular flexibility index (Phi) is 5.37. The van der Waals surface area contributed by atoms with E-state index in [1.807, 2.05) is 6.92 Å². The van der Waals surface area contributed by atoms with Gasteiger partial charge in [0.2, 0.25) is 0 Å². The SMILES string of the molecule is CCCNc1sc(C(=O)CC)c(N)c1S(=O)(=O)CC. The highest BCUT2D eigenvalue weighted by Crippen LogP contribution is 2.40. The van der Waals surface area contributed by atoms with Crippen molar-refractivity contribution in [2.45, 2.75) is 38.5 Å². The number of nitrogens with one attached hydrogen (secondary N) is 1. The molecule has 0 aliphatic carbocycles. The van der Waals surface area contributed by atoms with Crippen LogP contribution in [0.15, 0.2) is 4.90 Å². The predicted octanol–water partition coefficient (Wildman–Crippen LogP) is 2.54. The molecular formula is C12H20N2O3S2. The van der Waals surface area contributed by atoms with Gasteiger partial charge in [-0.2, -0.15) is 0 Å². The molecule has 0 unspecified atom stereocenters. The smallest absolute Gasteiger partial charge is 0.183 e. The molecule has 1 aromatic heterocycles. The van der Waals surface area contributed by atoms with Crippen LogP contribution in [0.25, 0.3) is 0 Å². The van der Waals surface area contributed by atoms with Crippen molar-refractivity contribution in [1.29, 1.82) is 0 Å². The second-order valence-corrected chi connectivity index (χ2v) is 7.35. The maximum Gasteiger partial charge on any atom is 0.183 e. The molecule has 0 radical (unpaired) electrons. The number of thiophene rings is 1. The molecule has 0 saturated heterocycles. The fourth-order valence-corrected chi connectivity index (χ4v) is 4.31. The number of sulfone groups is 1. The average molecular weight is 304 g/mol.